The third-order valence-electron chi connectivity index (χ3n) is 2.51. The summed E-state index contributed by atoms with van der Waals surface area (Å²) in [6.45, 7) is 7.26. The van der Waals surface area contributed by atoms with E-state index in [0.29, 0.717) is 5.69 Å². The number of para-hydroxylation sites is 1. The lowest BCUT2D eigenvalue weighted by atomic mass is 9.87. The fourth-order valence-electron chi connectivity index (χ4n) is 1.54. The maximum absolute atomic E-state index is 12.0. The molecule has 0 saturated heterocycles. The van der Waals surface area contributed by atoms with Gasteiger partial charge >= 0.3 is 0 Å². The molecule has 1 aromatic carbocycles. The quantitative estimate of drug-likeness (QED) is 0.798. The second-order valence-corrected chi connectivity index (χ2v) is 4.97. The number of nitrogens with zero attached hydrogens (tertiary/aromatic N) is 1. The molecule has 0 spiro atoms. The molecule has 0 saturated carbocycles. The third kappa shape index (κ3) is 2.83. The van der Waals surface area contributed by atoms with Crippen LogP contribution in [-0.4, -0.2) is 17.0 Å². The zero-order valence-electron chi connectivity index (χ0n) is 10.3. The van der Waals surface area contributed by atoms with Crippen molar-refractivity contribution in [3.8, 4) is 0 Å². The number of Topliss-reactive ketones (excluding diaryl/α,β-unsaturated/α-hetero) is 1. The molecular weight excluding hydrogens is 202 g/mol. The molecule has 0 heterocycles. The number of carbonyl (C=O) groups is 1. The summed E-state index contributed by atoms with van der Waals surface area (Å²) in [7, 11) is 0. The number of anilines is 1. The van der Waals surface area contributed by atoms with Gasteiger partial charge in [0, 0.05) is 5.41 Å². The van der Waals surface area contributed by atoms with E-state index in [9.17, 15) is 10.0 Å². The summed E-state index contributed by atoms with van der Waals surface area (Å²) in [4.78, 5) is 12.0. The van der Waals surface area contributed by atoms with Crippen molar-refractivity contribution >= 4 is 11.5 Å². The van der Waals surface area contributed by atoms with Gasteiger partial charge in [-0.3, -0.25) is 10.0 Å². The van der Waals surface area contributed by atoms with Crippen molar-refractivity contribution in [2.75, 3.05) is 5.06 Å². The highest BCUT2D eigenvalue weighted by atomic mass is 16.5. The summed E-state index contributed by atoms with van der Waals surface area (Å²) in [5.74, 6) is 0.0128. The van der Waals surface area contributed by atoms with Gasteiger partial charge in [-0.15, -0.1) is 0 Å². The standard InChI is InChI=1S/C13H19NO2/c1-10(12(15)13(2,3)4)14(16)11-8-6-5-7-9-11/h5-10,16H,1-4H3. The average molecular weight is 221 g/mol. The zero-order valence-corrected chi connectivity index (χ0v) is 10.3. The number of carbonyl (C=O) groups excluding carboxylic acids is 1. The van der Waals surface area contributed by atoms with Crippen LogP contribution in [0.15, 0.2) is 30.3 Å². The molecule has 3 nitrogen and oxygen atoms in total. The average Bonchev–Trinajstić information content (AvgIpc) is 2.26. The number of benzene rings is 1. The predicted molar refractivity (Wildman–Crippen MR) is 64.6 cm³/mol. The molecule has 0 aliphatic heterocycles. The second-order valence-electron chi connectivity index (χ2n) is 4.97. The first-order chi connectivity index (χ1) is 7.34. The van der Waals surface area contributed by atoms with Gasteiger partial charge in [0.1, 0.15) is 6.04 Å². The maximum atomic E-state index is 12.0. The van der Waals surface area contributed by atoms with E-state index in [1.807, 2.05) is 39.0 Å². The van der Waals surface area contributed by atoms with E-state index in [1.54, 1.807) is 19.1 Å². The summed E-state index contributed by atoms with van der Waals surface area (Å²) in [5, 5.41) is 11.0. The Morgan fingerprint density at radius 3 is 2.19 bits per heavy atom. The van der Waals surface area contributed by atoms with Crippen LogP contribution in [0.4, 0.5) is 5.69 Å². The topological polar surface area (TPSA) is 40.5 Å². The molecule has 0 fully saturated rings. The Hall–Kier alpha value is -1.35. The van der Waals surface area contributed by atoms with Crippen molar-refractivity contribution in [3.05, 3.63) is 30.3 Å². The van der Waals surface area contributed by atoms with E-state index in [2.05, 4.69) is 0 Å². The van der Waals surface area contributed by atoms with E-state index in [-0.39, 0.29) is 5.78 Å². The lowest BCUT2D eigenvalue weighted by molar-refractivity contribution is -0.128. The lowest BCUT2D eigenvalue weighted by Gasteiger charge is -2.28. The van der Waals surface area contributed by atoms with Crippen LogP contribution in [0.5, 0.6) is 0 Å². The summed E-state index contributed by atoms with van der Waals surface area (Å²) in [5.41, 5.74) is 0.183. The molecule has 16 heavy (non-hydrogen) atoms. The van der Waals surface area contributed by atoms with Crippen molar-refractivity contribution in [1.82, 2.24) is 0 Å². The van der Waals surface area contributed by atoms with Crippen LogP contribution in [-0.2, 0) is 4.79 Å². The molecule has 0 aromatic heterocycles. The van der Waals surface area contributed by atoms with Crippen LogP contribution >= 0.6 is 0 Å². The highest BCUT2D eigenvalue weighted by Gasteiger charge is 2.30. The van der Waals surface area contributed by atoms with Crippen molar-refractivity contribution < 1.29 is 10.0 Å². The molecule has 1 rings (SSSR count). The minimum atomic E-state index is -0.539. The SMILES string of the molecule is CC(C(=O)C(C)(C)C)N(O)c1ccccc1. The van der Waals surface area contributed by atoms with Gasteiger partial charge in [-0.05, 0) is 19.1 Å². The molecule has 0 aliphatic carbocycles. The van der Waals surface area contributed by atoms with Crippen LogP contribution in [0.2, 0.25) is 0 Å². The van der Waals surface area contributed by atoms with Crippen LogP contribution in [0.3, 0.4) is 0 Å². The molecule has 1 N–H and O–H groups in total. The van der Waals surface area contributed by atoms with Gasteiger partial charge in [-0.1, -0.05) is 39.0 Å². The number of hydrogen-bond donors (Lipinski definition) is 1. The van der Waals surface area contributed by atoms with E-state index in [4.69, 9.17) is 0 Å². The van der Waals surface area contributed by atoms with E-state index < -0.39 is 11.5 Å². The van der Waals surface area contributed by atoms with Crippen LogP contribution in [0, 0.1) is 5.41 Å². The Kier molecular flexibility index (Phi) is 3.70. The molecule has 0 aliphatic rings. The van der Waals surface area contributed by atoms with Crippen molar-refractivity contribution in [1.29, 1.82) is 0 Å². The fourth-order valence-corrected chi connectivity index (χ4v) is 1.54. The molecular formula is C13H19NO2. The smallest absolute Gasteiger partial charge is 0.162 e. The first kappa shape index (κ1) is 12.7. The van der Waals surface area contributed by atoms with E-state index in [1.165, 1.54) is 0 Å². The summed E-state index contributed by atoms with van der Waals surface area (Å²) >= 11 is 0. The molecule has 0 amide bonds. The van der Waals surface area contributed by atoms with Crippen molar-refractivity contribution in [2.24, 2.45) is 5.41 Å². The first-order valence-corrected chi connectivity index (χ1v) is 5.41. The summed E-state index contributed by atoms with van der Waals surface area (Å²) < 4.78 is 0. The van der Waals surface area contributed by atoms with Crippen molar-refractivity contribution in [2.45, 2.75) is 33.7 Å². The Morgan fingerprint density at radius 1 is 1.25 bits per heavy atom. The molecule has 3 heteroatoms. The Balaban J connectivity index is 2.83. The van der Waals surface area contributed by atoms with Gasteiger partial charge in [0.05, 0.1) is 5.69 Å². The number of rotatable bonds is 3. The van der Waals surface area contributed by atoms with Gasteiger partial charge < -0.3 is 0 Å². The molecule has 1 unspecified atom stereocenters. The van der Waals surface area contributed by atoms with Crippen LogP contribution in [0.1, 0.15) is 27.7 Å². The number of hydrogen-bond acceptors (Lipinski definition) is 3. The van der Waals surface area contributed by atoms with Gasteiger partial charge in [-0.25, -0.2) is 5.06 Å². The molecule has 0 radical (unpaired) electrons. The van der Waals surface area contributed by atoms with E-state index >= 15 is 0 Å². The fraction of sp³-hybridized carbons (Fsp3) is 0.462. The van der Waals surface area contributed by atoms with E-state index in [0.717, 1.165) is 5.06 Å². The summed E-state index contributed by atoms with van der Waals surface area (Å²) in [6, 6.07) is 8.52. The third-order valence-corrected chi connectivity index (χ3v) is 2.51. The molecule has 0 bridgehead atoms. The van der Waals surface area contributed by atoms with Gasteiger partial charge in [-0.2, -0.15) is 0 Å². The Bertz CT molecular complexity index is 354. The first-order valence-electron chi connectivity index (χ1n) is 5.41. The van der Waals surface area contributed by atoms with Gasteiger partial charge in [0.25, 0.3) is 0 Å². The Morgan fingerprint density at radius 2 is 1.75 bits per heavy atom. The molecule has 88 valence electrons. The highest BCUT2D eigenvalue weighted by molar-refractivity contribution is 5.90. The van der Waals surface area contributed by atoms with Gasteiger partial charge in [0.15, 0.2) is 5.78 Å². The minimum absolute atomic E-state index is 0.0128. The predicted octanol–water partition coefficient (Wildman–Crippen LogP) is 2.89. The van der Waals surface area contributed by atoms with Gasteiger partial charge in [0.2, 0.25) is 0 Å². The Labute approximate surface area is 96.7 Å². The lowest BCUT2D eigenvalue weighted by Crippen LogP contribution is -2.42. The summed E-state index contributed by atoms with van der Waals surface area (Å²) in [6.07, 6.45) is 0. The largest absolute Gasteiger partial charge is 0.297 e. The van der Waals surface area contributed by atoms with Crippen LogP contribution in [0.25, 0.3) is 0 Å². The zero-order chi connectivity index (χ0) is 12.3. The van der Waals surface area contributed by atoms with Crippen molar-refractivity contribution in [3.63, 3.8) is 0 Å². The minimum Gasteiger partial charge on any atom is -0.297 e. The number of hydroxylamine groups is 1. The number of ketones is 1. The van der Waals surface area contributed by atoms with Crippen LogP contribution < -0.4 is 5.06 Å². The second kappa shape index (κ2) is 4.66. The molecule has 1 aromatic rings. The highest BCUT2D eigenvalue weighted by Crippen LogP contribution is 2.22. The molecule has 1 atom stereocenters. The maximum Gasteiger partial charge on any atom is 0.162 e. The monoisotopic (exact) mass is 221 g/mol. The normalized spacial score (nSPS) is 13.3.